The van der Waals surface area contributed by atoms with Crippen molar-refractivity contribution < 1.29 is 14.3 Å². The summed E-state index contributed by atoms with van der Waals surface area (Å²) in [6, 6.07) is 5.85. The van der Waals surface area contributed by atoms with Crippen LogP contribution in [-0.2, 0) is 9.53 Å². The lowest BCUT2D eigenvalue weighted by atomic mass is 10.2. The average molecular weight is 365 g/mol. The van der Waals surface area contributed by atoms with E-state index in [0.29, 0.717) is 19.6 Å². The molecular weight excluding hydrogens is 346 g/mol. The van der Waals surface area contributed by atoms with Crippen LogP contribution in [0.2, 0.25) is 0 Å². The van der Waals surface area contributed by atoms with Gasteiger partial charge in [0, 0.05) is 5.75 Å². The molecule has 1 aliphatic heterocycles. The number of nitrogens with two attached hydrogens (primary N) is 1. The van der Waals surface area contributed by atoms with Gasteiger partial charge in [0.15, 0.2) is 0 Å². The Morgan fingerprint density at radius 1 is 1.46 bits per heavy atom. The van der Waals surface area contributed by atoms with Crippen LogP contribution in [0.4, 0.5) is 0 Å². The summed E-state index contributed by atoms with van der Waals surface area (Å²) in [4.78, 5) is 20.6. The van der Waals surface area contributed by atoms with E-state index in [2.05, 4.69) is 9.98 Å². The van der Waals surface area contributed by atoms with Crippen molar-refractivity contribution in [1.29, 1.82) is 0 Å². The third kappa shape index (κ3) is 4.06. The summed E-state index contributed by atoms with van der Waals surface area (Å²) in [5.74, 6) is 1.39. The number of benzene rings is 1. The fourth-order valence-corrected chi connectivity index (χ4v) is 4.40. The van der Waals surface area contributed by atoms with Crippen molar-refractivity contribution in [2.75, 3.05) is 26.0 Å². The lowest BCUT2D eigenvalue weighted by molar-refractivity contribution is -0.140. The smallest absolute Gasteiger partial charge is 0.307 e. The van der Waals surface area contributed by atoms with Gasteiger partial charge in [-0.05, 0) is 31.2 Å². The van der Waals surface area contributed by atoms with E-state index in [1.807, 2.05) is 18.2 Å². The van der Waals surface area contributed by atoms with E-state index in [9.17, 15) is 4.79 Å². The fraction of sp³-hybridized carbons (Fsp3) is 0.438. The summed E-state index contributed by atoms with van der Waals surface area (Å²) in [7, 11) is 1.40. The van der Waals surface area contributed by atoms with Crippen molar-refractivity contribution >= 4 is 44.3 Å². The molecule has 2 N–H and O–H groups in total. The van der Waals surface area contributed by atoms with Gasteiger partial charge in [0.1, 0.15) is 15.8 Å². The third-order valence-electron chi connectivity index (χ3n) is 3.50. The van der Waals surface area contributed by atoms with Gasteiger partial charge in [-0.1, -0.05) is 0 Å². The Morgan fingerprint density at radius 2 is 2.33 bits per heavy atom. The number of fused-ring (bicyclic) bond motifs is 1. The van der Waals surface area contributed by atoms with Crippen LogP contribution in [0.25, 0.3) is 10.2 Å². The number of thiazole rings is 1. The van der Waals surface area contributed by atoms with Gasteiger partial charge in [-0.2, -0.15) is 0 Å². The maximum Gasteiger partial charge on any atom is 0.307 e. The van der Waals surface area contributed by atoms with Gasteiger partial charge >= 0.3 is 5.97 Å². The molecule has 0 amide bonds. The first-order chi connectivity index (χ1) is 11.7. The van der Waals surface area contributed by atoms with Crippen LogP contribution in [0.15, 0.2) is 23.2 Å². The Bertz CT molecular complexity index is 760. The predicted molar refractivity (Wildman–Crippen MR) is 98.2 cm³/mol. The molecule has 1 aromatic carbocycles. The number of ether oxygens (including phenoxy) is 2. The molecule has 0 fully saturated rings. The first-order valence-electron chi connectivity index (χ1n) is 7.71. The van der Waals surface area contributed by atoms with E-state index in [0.717, 1.165) is 38.2 Å². The zero-order chi connectivity index (χ0) is 16.9. The largest absolute Gasteiger partial charge is 0.493 e. The molecule has 3 rings (SSSR count). The molecule has 1 atom stereocenters. The number of thioether (sulfide) groups is 1. The minimum atomic E-state index is -0.228. The fourth-order valence-electron chi connectivity index (χ4n) is 2.27. The summed E-state index contributed by atoms with van der Waals surface area (Å²) < 4.78 is 11.4. The van der Waals surface area contributed by atoms with Crippen LogP contribution < -0.4 is 10.5 Å². The summed E-state index contributed by atoms with van der Waals surface area (Å²) >= 11 is 3.23. The minimum absolute atomic E-state index is 0.0281. The number of hydrogen-bond acceptors (Lipinski definition) is 8. The van der Waals surface area contributed by atoms with Crippen LogP contribution in [0, 0.1) is 0 Å². The maximum absolute atomic E-state index is 11.4. The van der Waals surface area contributed by atoms with Crippen molar-refractivity contribution in [1.82, 2.24) is 4.98 Å². The molecule has 0 spiro atoms. The number of esters is 1. The van der Waals surface area contributed by atoms with Crippen LogP contribution in [-0.4, -0.2) is 48.1 Å². The van der Waals surface area contributed by atoms with Gasteiger partial charge in [-0.25, -0.2) is 4.98 Å². The SMILES string of the molecule is COC(=O)C[C@H]1CSC(c2nc3ccc(OCCCN)cc3s2)=N1. The molecule has 1 aliphatic rings. The maximum atomic E-state index is 11.4. The molecule has 0 unspecified atom stereocenters. The van der Waals surface area contributed by atoms with Crippen LogP contribution >= 0.6 is 23.1 Å². The van der Waals surface area contributed by atoms with E-state index in [1.165, 1.54) is 7.11 Å². The van der Waals surface area contributed by atoms with E-state index < -0.39 is 0 Å². The van der Waals surface area contributed by atoms with E-state index >= 15 is 0 Å². The Hall–Kier alpha value is -1.64. The highest BCUT2D eigenvalue weighted by Gasteiger charge is 2.24. The highest BCUT2D eigenvalue weighted by atomic mass is 32.2. The molecule has 0 aliphatic carbocycles. The number of nitrogens with zero attached hydrogens (tertiary/aromatic N) is 2. The van der Waals surface area contributed by atoms with Gasteiger partial charge in [0.2, 0.25) is 0 Å². The van der Waals surface area contributed by atoms with E-state index in [1.54, 1.807) is 23.1 Å². The van der Waals surface area contributed by atoms with Crippen LogP contribution in [0.3, 0.4) is 0 Å². The molecular formula is C16H19N3O3S2. The lowest BCUT2D eigenvalue weighted by Crippen LogP contribution is -2.12. The summed E-state index contributed by atoms with van der Waals surface area (Å²) in [6.07, 6.45) is 1.15. The Morgan fingerprint density at radius 3 is 3.12 bits per heavy atom. The standard InChI is InChI=1S/C16H19N3O3S2/c1-21-14(20)7-10-9-23-15(18-10)16-19-12-4-3-11(8-13(12)24-16)22-6-2-5-17/h3-4,8,10H,2,5-7,9,17H2,1H3/t10-/m0/s1. The van der Waals surface area contributed by atoms with Crippen molar-refractivity contribution in [3.8, 4) is 5.75 Å². The molecule has 2 aromatic rings. The second-order valence-electron chi connectivity index (χ2n) is 5.32. The van der Waals surface area contributed by atoms with Gasteiger partial charge in [-0.3, -0.25) is 9.79 Å². The number of carbonyl (C=O) groups is 1. The summed E-state index contributed by atoms with van der Waals surface area (Å²) in [5, 5.41) is 1.79. The second-order valence-corrected chi connectivity index (χ2v) is 7.36. The van der Waals surface area contributed by atoms with Crippen molar-refractivity contribution in [3.05, 3.63) is 23.2 Å². The number of aliphatic imine (C=N–C) groups is 1. The summed E-state index contributed by atoms with van der Waals surface area (Å²) in [6.45, 7) is 1.24. The first-order valence-corrected chi connectivity index (χ1v) is 9.51. The molecule has 0 saturated carbocycles. The number of carbonyl (C=O) groups excluding carboxylic acids is 1. The Balaban J connectivity index is 1.73. The van der Waals surface area contributed by atoms with E-state index in [-0.39, 0.29) is 12.0 Å². The normalized spacial score (nSPS) is 17.1. The molecule has 24 heavy (non-hydrogen) atoms. The Labute approximate surface area is 148 Å². The van der Waals surface area contributed by atoms with Gasteiger partial charge in [0.25, 0.3) is 0 Å². The number of hydrogen-bond donors (Lipinski definition) is 1. The highest BCUT2D eigenvalue weighted by Crippen LogP contribution is 2.32. The number of methoxy groups -OCH3 is 1. The third-order valence-corrected chi connectivity index (χ3v) is 5.78. The zero-order valence-electron chi connectivity index (χ0n) is 13.4. The predicted octanol–water partition coefficient (Wildman–Crippen LogP) is 2.45. The Kier molecular flexibility index (Phi) is 5.70. The molecule has 8 heteroatoms. The minimum Gasteiger partial charge on any atom is -0.493 e. The van der Waals surface area contributed by atoms with Crippen LogP contribution in [0.5, 0.6) is 5.75 Å². The van der Waals surface area contributed by atoms with Gasteiger partial charge in [-0.15, -0.1) is 23.1 Å². The quantitative estimate of drug-likeness (QED) is 0.599. The van der Waals surface area contributed by atoms with E-state index in [4.69, 9.17) is 15.2 Å². The molecule has 0 radical (unpaired) electrons. The lowest BCUT2D eigenvalue weighted by Gasteiger charge is -2.04. The molecule has 0 bridgehead atoms. The zero-order valence-corrected chi connectivity index (χ0v) is 15.0. The molecule has 2 heterocycles. The van der Waals surface area contributed by atoms with Crippen LogP contribution in [0.1, 0.15) is 17.8 Å². The number of rotatable bonds is 7. The van der Waals surface area contributed by atoms with Gasteiger partial charge in [0.05, 0.1) is 36.4 Å². The van der Waals surface area contributed by atoms with Crippen molar-refractivity contribution in [2.24, 2.45) is 10.7 Å². The molecule has 1 aromatic heterocycles. The number of aromatic nitrogens is 1. The highest BCUT2D eigenvalue weighted by molar-refractivity contribution is 8.15. The summed E-state index contributed by atoms with van der Waals surface area (Å²) in [5.41, 5.74) is 6.41. The molecule has 6 nitrogen and oxygen atoms in total. The topological polar surface area (TPSA) is 86.8 Å². The van der Waals surface area contributed by atoms with Crippen molar-refractivity contribution in [2.45, 2.75) is 18.9 Å². The molecule has 0 saturated heterocycles. The molecule has 128 valence electrons. The average Bonchev–Trinajstić information content (AvgIpc) is 3.21. The van der Waals surface area contributed by atoms with Crippen molar-refractivity contribution in [3.63, 3.8) is 0 Å². The van der Waals surface area contributed by atoms with Gasteiger partial charge < -0.3 is 15.2 Å². The first kappa shape index (κ1) is 17.2. The second kappa shape index (κ2) is 7.96. The monoisotopic (exact) mass is 365 g/mol.